The third-order valence-corrected chi connectivity index (χ3v) is 8.93. The predicted octanol–water partition coefficient (Wildman–Crippen LogP) is 2.24. The van der Waals surface area contributed by atoms with E-state index in [1.807, 2.05) is 0 Å². The quantitative estimate of drug-likeness (QED) is 0.154. The average Bonchev–Trinajstić information content (AvgIpc) is 3.15. The van der Waals surface area contributed by atoms with E-state index >= 15 is 0 Å². The van der Waals surface area contributed by atoms with Gasteiger partial charge in [-0.05, 0) is 66.2 Å². The highest BCUT2D eigenvalue weighted by molar-refractivity contribution is 5.89. The van der Waals surface area contributed by atoms with Crippen LogP contribution < -0.4 is 10.6 Å². The minimum atomic E-state index is -1.11. The smallest absolute Gasteiger partial charge is 0.328 e. The Balaban J connectivity index is 3.15. The number of hydrogen-bond acceptors (Lipinski definition) is 15. The van der Waals surface area contributed by atoms with E-state index in [2.05, 4.69) is 10.6 Å². The first-order chi connectivity index (χ1) is 28.2. The van der Waals surface area contributed by atoms with Crippen molar-refractivity contribution >= 4 is 53.2 Å². The highest BCUT2D eigenvalue weighted by Crippen LogP contribution is 2.16. The van der Waals surface area contributed by atoms with Crippen LogP contribution in [0.2, 0.25) is 0 Å². The van der Waals surface area contributed by atoms with Gasteiger partial charge in [0.15, 0.2) is 0 Å². The van der Waals surface area contributed by atoms with E-state index < -0.39 is 65.4 Å². The highest BCUT2D eigenvalue weighted by atomic mass is 16.5. The molecule has 0 aliphatic carbocycles. The Bertz CT molecular complexity index is 1440. The number of amides is 5. The maximum Gasteiger partial charge on any atom is 0.328 e. The molecule has 60 heavy (non-hydrogen) atoms. The Morgan fingerprint density at radius 2 is 0.883 bits per heavy atom. The molecule has 3 atom stereocenters. The predicted molar refractivity (Wildman–Crippen MR) is 210 cm³/mol. The standard InChI is InChI=1S/C40H61N5O15/c1-26-13-19-58-38(52)32(25-29(4)46)10-7-16-43(55)35(49)23-27(2)14-20-59-39(53)34(42-31(6)48)12-9-18-45(57)37(51)24-28(3)15-21-60-40(54)33(41-30(5)47)11-8-17-44(56)36(50)22-26/h22-24,32-34,55-57H,7-21,25H2,1-6H3,(H,41,47)(H,42,48)/b26-22-,27-23-,28-24+. The lowest BCUT2D eigenvalue weighted by Gasteiger charge is -2.19. The van der Waals surface area contributed by atoms with Crippen LogP contribution in [0.4, 0.5) is 0 Å². The first-order valence-electron chi connectivity index (χ1n) is 19.8. The van der Waals surface area contributed by atoms with Gasteiger partial charge in [-0.15, -0.1) is 0 Å². The molecule has 1 heterocycles. The van der Waals surface area contributed by atoms with Crippen molar-refractivity contribution in [2.75, 3.05) is 39.5 Å². The fourth-order valence-electron chi connectivity index (χ4n) is 5.68. The number of carbonyl (C=O) groups excluding carboxylic acids is 9. The molecular weight excluding hydrogens is 790 g/mol. The molecule has 20 heteroatoms. The maximum atomic E-state index is 12.9. The fraction of sp³-hybridized carbons (Fsp3) is 0.625. The fourth-order valence-corrected chi connectivity index (χ4v) is 5.68. The van der Waals surface area contributed by atoms with E-state index in [1.54, 1.807) is 20.8 Å². The van der Waals surface area contributed by atoms with Gasteiger partial charge in [0.2, 0.25) is 11.8 Å². The van der Waals surface area contributed by atoms with Gasteiger partial charge in [-0.2, -0.15) is 0 Å². The second-order valence-corrected chi connectivity index (χ2v) is 14.6. The van der Waals surface area contributed by atoms with E-state index in [1.165, 1.54) is 20.8 Å². The number of hydrogen-bond donors (Lipinski definition) is 5. The van der Waals surface area contributed by atoms with Crippen LogP contribution in [0.3, 0.4) is 0 Å². The van der Waals surface area contributed by atoms with Crippen molar-refractivity contribution in [3.05, 3.63) is 34.9 Å². The lowest BCUT2D eigenvalue weighted by Crippen LogP contribution is -2.41. The number of rotatable bonds is 4. The second kappa shape index (κ2) is 28.1. The summed E-state index contributed by atoms with van der Waals surface area (Å²) in [4.78, 5) is 112. The van der Waals surface area contributed by atoms with Crippen molar-refractivity contribution in [3.63, 3.8) is 0 Å². The Hall–Kier alpha value is -5.47. The van der Waals surface area contributed by atoms with Crippen molar-refractivity contribution in [1.82, 2.24) is 25.8 Å². The normalized spacial score (nSPS) is 24.9. The Morgan fingerprint density at radius 1 is 0.567 bits per heavy atom. The zero-order valence-electron chi connectivity index (χ0n) is 35.4. The summed E-state index contributed by atoms with van der Waals surface area (Å²) >= 11 is 0. The molecule has 0 aromatic carbocycles. The zero-order valence-corrected chi connectivity index (χ0v) is 35.4. The van der Waals surface area contributed by atoms with Gasteiger partial charge in [0, 0.05) is 77.4 Å². The molecule has 0 saturated heterocycles. The molecule has 1 aliphatic rings. The summed E-state index contributed by atoms with van der Waals surface area (Å²) in [6.07, 6.45) is 3.99. The van der Waals surface area contributed by atoms with Gasteiger partial charge in [0.1, 0.15) is 17.9 Å². The lowest BCUT2D eigenvalue weighted by atomic mass is 9.97. The van der Waals surface area contributed by atoms with Crippen LogP contribution in [0.5, 0.6) is 0 Å². The monoisotopic (exact) mass is 851 g/mol. The number of hydroxylamine groups is 6. The van der Waals surface area contributed by atoms with Crippen LogP contribution in [-0.4, -0.2) is 136 Å². The van der Waals surface area contributed by atoms with Crippen LogP contribution in [0.1, 0.15) is 106 Å². The summed E-state index contributed by atoms with van der Waals surface area (Å²) in [5.41, 5.74) is 1.35. The molecule has 0 aromatic rings. The van der Waals surface area contributed by atoms with Gasteiger partial charge in [-0.3, -0.25) is 44.4 Å². The molecular formula is C40H61N5O15. The van der Waals surface area contributed by atoms with Crippen molar-refractivity contribution in [2.24, 2.45) is 5.92 Å². The van der Waals surface area contributed by atoms with E-state index in [0.717, 1.165) is 18.2 Å². The van der Waals surface area contributed by atoms with E-state index in [0.29, 0.717) is 31.9 Å². The number of esters is 3. The molecule has 0 spiro atoms. The largest absolute Gasteiger partial charge is 0.465 e. The Morgan fingerprint density at radius 3 is 1.20 bits per heavy atom. The number of ketones is 1. The van der Waals surface area contributed by atoms with Crippen molar-refractivity contribution in [3.8, 4) is 0 Å². The molecule has 0 saturated carbocycles. The molecule has 1 rings (SSSR count). The molecule has 0 bridgehead atoms. The molecule has 3 unspecified atom stereocenters. The summed E-state index contributed by atoms with van der Waals surface area (Å²) in [6, 6.07) is -2.21. The second-order valence-electron chi connectivity index (χ2n) is 14.6. The number of nitrogens with one attached hydrogen (secondary N) is 2. The number of carbonyl (C=O) groups is 9. The zero-order chi connectivity index (χ0) is 45.4. The summed E-state index contributed by atoms with van der Waals surface area (Å²) in [5, 5.41) is 37.2. The Kier molecular flexibility index (Phi) is 24.6. The van der Waals surface area contributed by atoms with Crippen molar-refractivity contribution < 1.29 is 73.0 Å². The van der Waals surface area contributed by atoms with E-state index in [-0.39, 0.29) is 109 Å². The van der Waals surface area contributed by atoms with Crippen molar-refractivity contribution in [1.29, 1.82) is 0 Å². The van der Waals surface area contributed by atoms with Gasteiger partial charge in [0.25, 0.3) is 17.7 Å². The minimum absolute atomic E-state index is 0.000507. The first-order valence-corrected chi connectivity index (χ1v) is 19.8. The minimum Gasteiger partial charge on any atom is -0.465 e. The molecule has 5 amide bonds. The third kappa shape index (κ3) is 22.6. The van der Waals surface area contributed by atoms with Crippen LogP contribution in [0, 0.1) is 5.92 Å². The summed E-state index contributed by atoms with van der Waals surface area (Å²) in [6.45, 7) is 7.36. The number of nitrogens with zero attached hydrogens (tertiary/aromatic N) is 3. The molecule has 5 N–H and O–H groups in total. The average molecular weight is 852 g/mol. The van der Waals surface area contributed by atoms with Crippen LogP contribution in [-0.2, 0) is 57.4 Å². The topological polar surface area (TPSA) is 276 Å². The highest BCUT2D eigenvalue weighted by Gasteiger charge is 2.25. The summed E-state index contributed by atoms with van der Waals surface area (Å²) in [5.74, 6) is -6.76. The first kappa shape index (κ1) is 52.5. The van der Waals surface area contributed by atoms with Gasteiger partial charge in [0.05, 0.1) is 25.7 Å². The number of ether oxygens (including phenoxy) is 3. The lowest BCUT2D eigenvalue weighted by molar-refractivity contribution is -0.160. The van der Waals surface area contributed by atoms with Crippen LogP contribution in [0.25, 0.3) is 0 Å². The molecule has 336 valence electrons. The van der Waals surface area contributed by atoms with Crippen LogP contribution >= 0.6 is 0 Å². The summed E-state index contributed by atoms with van der Waals surface area (Å²) < 4.78 is 15.9. The van der Waals surface area contributed by atoms with Crippen LogP contribution in [0.15, 0.2) is 34.9 Å². The molecule has 20 nitrogen and oxygen atoms in total. The van der Waals surface area contributed by atoms with E-state index in [9.17, 15) is 58.8 Å². The summed E-state index contributed by atoms with van der Waals surface area (Å²) in [7, 11) is 0. The van der Waals surface area contributed by atoms with Gasteiger partial charge < -0.3 is 29.6 Å². The van der Waals surface area contributed by atoms with E-state index in [4.69, 9.17) is 14.2 Å². The molecule has 1 aliphatic heterocycles. The Labute approximate surface area is 349 Å². The maximum absolute atomic E-state index is 12.9. The molecule has 0 radical (unpaired) electrons. The molecule has 0 aromatic heterocycles. The van der Waals surface area contributed by atoms with Gasteiger partial charge in [-0.25, -0.2) is 24.8 Å². The van der Waals surface area contributed by atoms with Crippen molar-refractivity contribution in [2.45, 2.75) is 118 Å². The van der Waals surface area contributed by atoms with Gasteiger partial charge in [-0.1, -0.05) is 16.7 Å². The molecule has 0 fully saturated rings. The third-order valence-electron chi connectivity index (χ3n) is 8.93. The SMILES string of the molecule is CC(=O)CC1CCCN(O)C(=O)/C=C(/C)CCOC(=O)C(NC(C)=O)CCCN(O)C(=O)/C=C(\C)CCOC(=O)C(NC(C)=O)CCCN(O)C(=O)/C=C(/C)CCOC1=O. The number of cyclic esters (lactones) is 3. The van der Waals surface area contributed by atoms with Gasteiger partial charge >= 0.3 is 17.9 Å². The number of Topliss-reactive ketones (excluding diaryl/α,β-unsaturated/α-hetero) is 1.